The molecule has 0 amide bonds. The van der Waals surface area contributed by atoms with Crippen LogP contribution in [0.3, 0.4) is 0 Å². The van der Waals surface area contributed by atoms with Crippen molar-refractivity contribution in [1.29, 1.82) is 0 Å². The molecule has 0 heterocycles. The van der Waals surface area contributed by atoms with Crippen LogP contribution in [-0.2, 0) is 0 Å². The lowest BCUT2D eigenvalue weighted by molar-refractivity contribution is 0.529. The highest BCUT2D eigenvalue weighted by atomic mass is 32.2. The van der Waals surface area contributed by atoms with Gasteiger partial charge in [0.05, 0.1) is 0 Å². The Morgan fingerprint density at radius 1 is 1.33 bits per heavy atom. The van der Waals surface area contributed by atoms with Gasteiger partial charge in [0.25, 0.3) is 0 Å². The summed E-state index contributed by atoms with van der Waals surface area (Å²) in [7, 11) is 0. The summed E-state index contributed by atoms with van der Waals surface area (Å²) in [6.07, 6.45) is 6.85. The fraction of sp³-hybridized carbons (Fsp3) is 1.00. The molecular weight excluding hydrogens is 202 g/mol. The van der Waals surface area contributed by atoms with E-state index in [9.17, 15) is 0 Å². The average molecular weight is 229 g/mol. The van der Waals surface area contributed by atoms with E-state index >= 15 is 0 Å². The van der Waals surface area contributed by atoms with Crippen LogP contribution in [0.25, 0.3) is 0 Å². The minimum Gasteiger partial charge on any atom is -0.313 e. The zero-order chi connectivity index (χ0) is 11.1. The third-order valence-corrected chi connectivity index (χ3v) is 5.15. The molecular formula is C13H27NS. The van der Waals surface area contributed by atoms with Gasteiger partial charge in [0.1, 0.15) is 0 Å². The van der Waals surface area contributed by atoms with Crippen LogP contribution >= 0.6 is 11.8 Å². The van der Waals surface area contributed by atoms with Crippen LogP contribution in [0.4, 0.5) is 0 Å². The smallest absolute Gasteiger partial charge is 0.0201 e. The molecule has 0 aromatic carbocycles. The zero-order valence-corrected chi connectivity index (χ0v) is 11.4. The Hall–Kier alpha value is 0.310. The number of rotatable bonds is 7. The lowest BCUT2D eigenvalue weighted by Crippen LogP contribution is -2.34. The molecule has 0 aromatic rings. The van der Waals surface area contributed by atoms with Gasteiger partial charge in [0, 0.05) is 11.3 Å². The summed E-state index contributed by atoms with van der Waals surface area (Å²) in [5.41, 5.74) is 0. The van der Waals surface area contributed by atoms with Crippen LogP contribution in [0.5, 0.6) is 0 Å². The molecule has 0 saturated heterocycles. The third kappa shape index (κ3) is 4.78. The van der Waals surface area contributed by atoms with Gasteiger partial charge in [-0.25, -0.2) is 0 Å². The van der Waals surface area contributed by atoms with Crippen LogP contribution < -0.4 is 5.32 Å². The monoisotopic (exact) mass is 229 g/mol. The molecule has 1 fully saturated rings. The summed E-state index contributed by atoms with van der Waals surface area (Å²) in [6, 6.07) is 0.805. The first-order chi connectivity index (χ1) is 7.27. The first-order valence-electron chi connectivity index (χ1n) is 6.62. The lowest BCUT2D eigenvalue weighted by Gasteiger charge is -2.21. The molecule has 90 valence electrons. The minimum atomic E-state index is 0.805. The highest BCUT2D eigenvalue weighted by Crippen LogP contribution is 2.31. The van der Waals surface area contributed by atoms with E-state index in [0.29, 0.717) is 0 Å². The Balaban J connectivity index is 2.20. The second-order valence-corrected chi connectivity index (χ2v) is 6.15. The zero-order valence-electron chi connectivity index (χ0n) is 10.6. The van der Waals surface area contributed by atoms with E-state index in [-0.39, 0.29) is 0 Å². The quantitative estimate of drug-likeness (QED) is 0.714. The van der Waals surface area contributed by atoms with Gasteiger partial charge < -0.3 is 5.32 Å². The van der Waals surface area contributed by atoms with Crippen molar-refractivity contribution in [2.24, 2.45) is 5.92 Å². The van der Waals surface area contributed by atoms with Crippen LogP contribution in [0, 0.1) is 5.92 Å². The van der Waals surface area contributed by atoms with Crippen LogP contribution in [0.2, 0.25) is 0 Å². The standard InChI is InChI=1S/C13H27NS/c1-4-9-14-12-7-6-8-13(12)15-10-11(3)5-2/h11-14H,4-10H2,1-3H3. The summed E-state index contributed by atoms with van der Waals surface area (Å²) in [5.74, 6) is 2.24. The molecule has 0 bridgehead atoms. The van der Waals surface area contributed by atoms with Gasteiger partial charge in [-0.15, -0.1) is 0 Å². The van der Waals surface area contributed by atoms with E-state index in [4.69, 9.17) is 0 Å². The first kappa shape index (κ1) is 13.4. The highest BCUT2D eigenvalue weighted by molar-refractivity contribution is 7.99. The topological polar surface area (TPSA) is 12.0 Å². The van der Waals surface area contributed by atoms with Crippen molar-refractivity contribution in [2.75, 3.05) is 12.3 Å². The second-order valence-electron chi connectivity index (χ2n) is 4.88. The van der Waals surface area contributed by atoms with Crippen molar-refractivity contribution in [3.63, 3.8) is 0 Å². The maximum atomic E-state index is 3.70. The molecule has 0 radical (unpaired) electrons. The molecule has 1 rings (SSSR count). The minimum absolute atomic E-state index is 0.805. The summed E-state index contributed by atoms with van der Waals surface area (Å²) in [5, 5.41) is 4.60. The van der Waals surface area contributed by atoms with E-state index < -0.39 is 0 Å². The number of hydrogen-bond acceptors (Lipinski definition) is 2. The van der Waals surface area contributed by atoms with E-state index in [1.54, 1.807) is 0 Å². The number of hydrogen-bond donors (Lipinski definition) is 1. The van der Waals surface area contributed by atoms with Gasteiger partial charge in [0.15, 0.2) is 0 Å². The van der Waals surface area contributed by atoms with Gasteiger partial charge in [-0.05, 0) is 37.5 Å². The van der Waals surface area contributed by atoms with E-state index in [1.165, 1.54) is 44.4 Å². The molecule has 1 aliphatic carbocycles. The molecule has 3 unspecified atom stereocenters. The van der Waals surface area contributed by atoms with Crippen LogP contribution in [0.1, 0.15) is 52.9 Å². The third-order valence-electron chi connectivity index (χ3n) is 3.40. The Kier molecular flexibility index (Phi) is 6.74. The predicted molar refractivity (Wildman–Crippen MR) is 71.6 cm³/mol. The lowest BCUT2D eigenvalue weighted by atomic mass is 10.2. The maximum absolute atomic E-state index is 3.70. The summed E-state index contributed by atoms with van der Waals surface area (Å²) >= 11 is 2.21. The van der Waals surface area contributed by atoms with Crippen molar-refractivity contribution in [1.82, 2.24) is 5.32 Å². The Labute approximate surface area is 99.8 Å². The summed E-state index contributed by atoms with van der Waals surface area (Å²) in [6.45, 7) is 8.12. The van der Waals surface area contributed by atoms with Crippen LogP contribution in [-0.4, -0.2) is 23.6 Å². The fourth-order valence-electron chi connectivity index (χ4n) is 2.09. The van der Waals surface area contributed by atoms with Gasteiger partial charge in [-0.3, -0.25) is 0 Å². The number of thioether (sulfide) groups is 1. The van der Waals surface area contributed by atoms with Crippen molar-refractivity contribution in [3.05, 3.63) is 0 Å². The normalized spacial score (nSPS) is 28.2. The average Bonchev–Trinajstić information content (AvgIpc) is 2.70. The SMILES string of the molecule is CCCNC1CCCC1SCC(C)CC. The largest absolute Gasteiger partial charge is 0.313 e. The Morgan fingerprint density at radius 2 is 2.13 bits per heavy atom. The highest BCUT2D eigenvalue weighted by Gasteiger charge is 2.26. The molecule has 0 aromatic heterocycles. The van der Waals surface area contributed by atoms with Crippen molar-refractivity contribution < 1.29 is 0 Å². The van der Waals surface area contributed by atoms with Gasteiger partial charge in [-0.1, -0.05) is 33.6 Å². The Morgan fingerprint density at radius 3 is 2.80 bits per heavy atom. The molecule has 1 N–H and O–H groups in total. The molecule has 1 nitrogen and oxygen atoms in total. The van der Waals surface area contributed by atoms with Crippen molar-refractivity contribution in [2.45, 2.75) is 64.2 Å². The van der Waals surface area contributed by atoms with Gasteiger partial charge in [-0.2, -0.15) is 11.8 Å². The fourth-order valence-corrected chi connectivity index (χ4v) is 3.70. The molecule has 1 saturated carbocycles. The first-order valence-corrected chi connectivity index (χ1v) is 7.67. The second kappa shape index (κ2) is 7.56. The van der Waals surface area contributed by atoms with E-state index in [0.717, 1.165) is 17.2 Å². The van der Waals surface area contributed by atoms with Gasteiger partial charge in [0.2, 0.25) is 0 Å². The molecule has 1 aliphatic rings. The maximum Gasteiger partial charge on any atom is 0.0201 e. The molecule has 3 atom stereocenters. The van der Waals surface area contributed by atoms with Crippen molar-refractivity contribution in [3.8, 4) is 0 Å². The molecule has 0 spiro atoms. The Bertz CT molecular complexity index is 161. The predicted octanol–water partition coefficient (Wildman–Crippen LogP) is 3.69. The molecule has 2 heteroatoms. The van der Waals surface area contributed by atoms with Gasteiger partial charge >= 0.3 is 0 Å². The van der Waals surface area contributed by atoms with Crippen molar-refractivity contribution >= 4 is 11.8 Å². The number of nitrogens with one attached hydrogen (secondary N) is 1. The summed E-state index contributed by atoms with van der Waals surface area (Å²) in [4.78, 5) is 0. The van der Waals surface area contributed by atoms with Crippen LogP contribution in [0.15, 0.2) is 0 Å². The summed E-state index contributed by atoms with van der Waals surface area (Å²) < 4.78 is 0. The molecule has 0 aliphatic heterocycles. The molecule has 15 heavy (non-hydrogen) atoms. The van der Waals surface area contributed by atoms with E-state index in [1.807, 2.05) is 0 Å². The van der Waals surface area contributed by atoms with E-state index in [2.05, 4.69) is 37.8 Å².